The van der Waals surface area contributed by atoms with E-state index in [9.17, 15) is 9.90 Å². The van der Waals surface area contributed by atoms with E-state index in [1.165, 1.54) is 0 Å². The minimum Gasteiger partial charge on any atom is -0.507 e. The molecule has 0 unspecified atom stereocenters. The average molecular weight is 336 g/mol. The minimum atomic E-state index is -0.445. The van der Waals surface area contributed by atoms with Crippen LogP contribution in [0.4, 0.5) is 0 Å². The molecular formula is C10H13IO3Si. The zero-order chi connectivity index (χ0) is 11.3. The lowest BCUT2D eigenvalue weighted by Gasteiger charge is -2.05. The Morgan fingerprint density at radius 2 is 2.27 bits per heavy atom. The molecule has 0 aliphatic heterocycles. The van der Waals surface area contributed by atoms with Crippen molar-refractivity contribution in [1.82, 2.24) is 0 Å². The second kappa shape index (κ2) is 6.11. The lowest BCUT2D eigenvalue weighted by atomic mass is 10.2. The summed E-state index contributed by atoms with van der Waals surface area (Å²) in [5.41, 5.74) is 0.240. The van der Waals surface area contributed by atoms with Gasteiger partial charge in [0, 0.05) is 13.8 Å². The molecule has 1 aromatic carbocycles. The number of benzene rings is 1. The highest BCUT2D eigenvalue weighted by Crippen LogP contribution is 2.20. The summed E-state index contributed by atoms with van der Waals surface area (Å²) in [5, 5.41) is 9.52. The van der Waals surface area contributed by atoms with E-state index in [0.29, 0.717) is 6.61 Å². The average Bonchev–Trinajstić information content (AvgIpc) is 2.17. The Morgan fingerprint density at radius 3 is 2.87 bits per heavy atom. The molecule has 0 saturated heterocycles. The van der Waals surface area contributed by atoms with Crippen molar-refractivity contribution in [3.8, 4) is 5.75 Å². The molecule has 0 saturated carbocycles. The van der Waals surface area contributed by atoms with E-state index < -0.39 is 5.97 Å². The van der Waals surface area contributed by atoms with Crippen LogP contribution < -0.4 is 0 Å². The van der Waals surface area contributed by atoms with Gasteiger partial charge in [0.25, 0.3) is 0 Å². The first-order chi connectivity index (χ1) is 7.15. The summed E-state index contributed by atoms with van der Waals surface area (Å²) >= 11 is 2.07. The molecule has 3 nitrogen and oxygen atoms in total. The lowest BCUT2D eigenvalue weighted by Crippen LogP contribution is -2.06. The molecule has 0 amide bonds. The number of hydrogen-bond acceptors (Lipinski definition) is 3. The smallest absolute Gasteiger partial charge is 0.341 e. The van der Waals surface area contributed by atoms with Gasteiger partial charge in [0.1, 0.15) is 11.3 Å². The zero-order valence-corrected chi connectivity index (χ0v) is 12.7. The van der Waals surface area contributed by atoms with E-state index in [-0.39, 0.29) is 11.3 Å². The summed E-state index contributed by atoms with van der Waals surface area (Å²) in [4.78, 5) is 11.5. The summed E-state index contributed by atoms with van der Waals surface area (Å²) in [6.07, 6.45) is 0.906. The highest BCUT2D eigenvalue weighted by molar-refractivity contribution is 14.1. The molecule has 0 aliphatic carbocycles. The van der Waals surface area contributed by atoms with Crippen LogP contribution in [0.1, 0.15) is 16.8 Å². The summed E-state index contributed by atoms with van der Waals surface area (Å²) in [5.74, 6) is -0.461. The number of phenolic OH excluding ortho intramolecular Hbond substituents is 1. The molecular weight excluding hydrogens is 323 g/mol. The third-order valence-corrected chi connectivity index (χ3v) is 3.29. The fraction of sp³-hybridized carbons (Fsp3) is 0.300. The molecule has 0 atom stereocenters. The number of phenols is 1. The van der Waals surface area contributed by atoms with Gasteiger partial charge in [-0.1, -0.05) is 6.04 Å². The van der Waals surface area contributed by atoms with Gasteiger partial charge in [0.05, 0.1) is 6.61 Å². The molecule has 15 heavy (non-hydrogen) atoms. The second-order valence-electron chi connectivity index (χ2n) is 3.15. The van der Waals surface area contributed by atoms with Crippen LogP contribution in [-0.2, 0) is 4.74 Å². The Bertz CT molecular complexity index is 355. The molecule has 1 N–H and O–H groups in total. The predicted octanol–water partition coefficient (Wildman–Crippen LogP) is 1.33. The number of esters is 1. The Kier molecular flexibility index (Phi) is 5.10. The van der Waals surface area contributed by atoms with Crippen LogP contribution in [0.3, 0.4) is 0 Å². The van der Waals surface area contributed by atoms with Crippen LogP contribution in [0.15, 0.2) is 18.2 Å². The highest BCUT2D eigenvalue weighted by Gasteiger charge is 2.12. The number of halogens is 1. The van der Waals surface area contributed by atoms with Crippen molar-refractivity contribution in [3.63, 3.8) is 0 Å². The highest BCUT2D eigenvalue weighted by atomic mass is 127. The van der Waals surface area contributed by atoms with Gasteiger partial charge in [-0.25, -0.2) is 4.79 Å². The first kappa shape index (κ1) is 12.5. The van der Waals surface area contributed by atoms with E-state index in [0.717, 1.165) is 26.3 Å². The van der Waals surface area contributed by atoms with Crippen LogP contribution in [0.25, 0.3) is 0 Å². The third-order valence-electron chi connectivity index (χ3n) is 1.91. The van der Waals surface area contributed by atoms with Crippen LogP contribution in [0.5, 0.6) is 5.75 Å². The normalized spacial score (nSPS) is 10.2. The minimum absolute atomic E-state index is 0.0160. The number of hydrogen-bond donors (Lipinski definition) is 1. The fourth-order valence-corrected chi connectivity index (χ4v) is 1.83. The van der Waals surface area contributed by atoms with Gasteiger partial charge in [-0.05, 0) is 47.2 Å². The van der Waals surface area contributed by atoms with Crippen molar-refractivity contribution in [2.24, 2.45) is 0 Å². The number of rotatable bonds is 4. The monoisotopic (exact) mass is 336 g/mol. The van der Waals surface area contributed by atoms with Gasteiger partial charge in [0.15, 0.2) is 0 Å². The molecule has 0 bridgehead atoms. The van der Waals surface area contributed by atoms with Gasteiger partial charge < -0.3 is 9.84 Å². The van der Waals surface area contributed by atoms with E-state index in [1.807, 2.05) is 0 Å². The number of ether oxygens (including phenoxy) is 1. The number of carbonyl (C=O) groups excluding carboxylic acids is 1. The Hall–Kier alpha value is -0.563. The van der Waals surface area contributed by atoms with E-state index in [2.05, 4.69) is 22.6 Å². The molecule has 1 rings (SSSR count). The van der Waals surface area contributed by atoms with Crippen LogP contribution in [0, 0.1) is 3.57 Å². The molecule has 0 radical (unpaired) electrons. The zero-order valence-electron chi connectivity index (χ0n) is 8.50. The Morgan fingerprint density at radius 1 is 1.53 bits per heavy atom. The molecule has 0 spiro atoms. The number of carbonyl (C=O) groups is 1. The third kappa shape index (κ3) is 3.82. The molecule has 1 aromatic rings. The Labute approximate surface area is 105 Å². The summed E-state index contributed by atoms with van der Waals surface area (Å²) in [7, 11) is 1.12. The lowest BCUT2D eigenvalue weighted by molar-refractivity contribution is 0.0502. The van der Waals surface area contributed by atoms with Crippen molar-refractivity contribution < 1.29 is 14.6 Å². The molecule has 0 heterocycles. The Balaban J connectivity index is 2.65. The van der Waals surface area contributed by atoms with Gasteiger partial charge in [-0.3, -0.25) is 0 Å². The number of aromatic hydroxyl groups is 1. The van der Waals surface area contributed by atoms with Crippen LogP contribution in [-0.4, -0.2) is 27.9 Å². The van der Waals surface area contributed by atoms with Crippen molar-refractivity contribution in [3.05, 3.63) is 27.3 Å². The predicted molar refractivity (Wildman–Crippen MR) is 70.5 cm³/mol. The van der Waals surface area contributed by atoms with E-state index in [4.69, 9.17) is 4.74 Å². The maximum atomic E-state index is 11.5. The van der Waals surface area contributed by atoms with Crippen LogP contribution in [0.2, 0.25) is 6.04 Å². The van der Waals surface area contributed by atoms with Crippen molar-refractivity contribution in [2.75, 3.05) is 6.61 Å². The summed E-state index contributed by atoms with van der Waals surface area (Å²) in [6, 6.07) is 6.01. The van der Waals surface area contributed by atoms with Gasteiger partial charge in [-0.15, -0.1) is 0 Å². The topological polar surface area (TPSA) is 46.5 Å². The quantitative estimate of drug-likeness (QED) is 0.391. The standard InChI is InChI=1S/C10H13IO3Si/c11-7-2-3-8(9(12)6-7)10(13)14-4-1-5-15/h2-3,6,12H,1,4-5H2,15H3. The first-order valence-corrected chi connectivity index (χ1v) is 7.30. The van der Waals surface area contributed by atoms with Gasteiger partial charge >= 0.3 is 5.97 Å². The molecule has 5 heteroatoms. The van der Waals surface area contributed by atoms with Crippen molar-refractivity contribution >= 4 is 38.8 Å². The first-order valence-electron chi connectivity index (χ1n) is 4.80. The summed E-state index contributed by atoms with van der Waals surface area (Å²) < 4.78 is 5.90. The maximum Gasteiger partial charge on any atom is 0.341 e. The molecule has 0 fully saturated rings. The second-order valence-corrected chi connectivity index (χ2v) is 5.40. The summed E-state index contributed by atoms with van der Waals surface area (Å²) in [6.45, 7) is 0.438. The molecule has 0 aliphatic rings. The van der Waals surface area contributed by atoms with E-state index in [1.54, 1.807) is 18.2 Å². The van der Waals surface area contributed by atoms with Gasteiger partial charge in [0.2, 0.25) is 0 Å². The SMILES string of the molecule is O=C(OCCC[SiH3])c1ccc(I)cc1O. The van der Waals surface area contributed by atoms with Gasteiger partial charge in [-0.2, -0.15) is 0 Å². The fourth-order valence-electron chi connectivity index (χ4n) is 1.06. The molecule has 82 valence electrons. The maximum absolute atomic E-state index is 11.5. The van der Waals surface area contributed by atoms with E-state index >= 15 is 0 Å². The largest absolute Gasteiger partial charge is 0.507 e. The van der Waals surface area contributed by atoms with Crippen molar-refractivity contribution in [1.29, 1.82) is 0 Å². The van der Waals surface area contributed by atoms with Crippen molar-refractivity contribution in [2.45, 2.75) is 12.5 Å². The van der Waals surface area contributed by atoms with Crippen LogP contribution >= 0.6 is 22.6 Å². The molecule has 0 aromatic heterocycles.